The molecule has 0 aromatic heterocycles. The first-order valence-corrected chi connectivity index (χ1v) is 7.72. The Labute approximate surface area is 144 Å². The summed E-state index contributed by atoms with van der Waals surface area (Å²) in [6.45, 7) is 0.479. The topological polar surface area (TPSA) is 35.5 Å². The minimum atomic E-state index is -0.460. The van der Waals surface area contributed by atoms with Gasteiger partial charge in [0.15, 0.2) is 6.61 Å². The van der Waals surface area contributed by atoms with Crippen molar-refractivity contribution in [1.82, 2.24) is 0 Å². The summed E-state index contributed by atoms with van der Waals surface area (Å²) in [7, 11) is 0. The lowest BCUT2D eigenvalue weighted by Crippen LogP contribution is -1.99. The van der Waals surface area contributed by atoms with Gasteiger partial charge in [-0.15, -0.1) is 6.42 Å². The Balaban J connectivity index is 1.87. The van der Waals surface area contributed by atoms with E-state index in [4.69, 9.17) is 15.9 Å². The molecule has 2 aromatic carbocycles. The lowest BCUT2D eigenvalue weighted by Gasteiger charge is -2.06. The molecule has 0 heterocycles. The Kier molecular flexibility index (Phi) is 6.46. The van der Waals surface area contributed by atoms with Gasteiger partial charge in [0.05, 0.1) is 0 Å². The molecule has 0 unspecified atom stereocenters. The number of ether oxygens (including phenoxy) is 2. The van der Waals surface area contributed by atoms with Crippen LogP contribution in [0, 0.1) is 12.3 Å². The van der Waals surface area contributed by atoms with Gasteiger partial charge in [0, 0.05) is 10.5 Å². The van der Waals surface area contributed by atoms with E-state index in [-0.39, 0.29) is 6.61 Å². The van der Waals surface area contributed by atoms with E-state index in [0.29, 0.717) is 6.61 Å². The first-order chi connectivity index (χ1) is 11.2. The van der Waals surface area contributed by atoms with Crippen LogP contribution in [0.5, 0.6) is 5.75 Å². The molecule has 23 heavy (non-hydrogen) atoms. The third-order valence-electron chi connectivity index (χ3n) is 2.91. The van der Waals surface area contributed by atoms with Crippen molar-refractivity contribution < 1.29 is 14.3 Å². The smallest absolute Gasteiger partial charge is 0.331 e. The van der Waals surface area contributed by atoms with E-state index in [2.05, 4.69) is 21.9 Å². The molecule has 0 aliphatic carbocycles. The van der Waals surface area contributed by atoms with Crippen LogP contribution in [0.4, 0.5) is 0 Å². The van der Waals surface area contributed by atoms with Crippen LogP contribution in [0.2, 0.25) is 0 Å². The molecule has 0 radical (unpaired) electrons. The van der Waals surface area contributed by atoms with Crippen LogP contribution in [-0.2, 0) is 16.1 Å². The maximum Gasteiger partial charge on any atom is 0.331 e. The van der Waals surface area contributed by atoms with E-state index in [1.165, 1.54) is 6.08 Å². The second-order valence-corrected chi connectivity index (χ2v) is 5.55. The molecule has 0 N–H and O–H groups in total. The van der Waals surface area contributed by atoms with E-state index >= 15 is 0 Å². The molecule has 2 rings (SSSR count). The number of halogens is 1. The standard InChI is InChI=1S/C19H15BrO3/c1-2-13-22-19(21)12-7-15-5-10-18(11-6-15)23-14-16-3-8-17(20)9-4-16/h1,3-12H,13-14H2/b12-7+. The van der Waals surface area contributed by atoms with E-state index in [9.17, 15) is 4.79 Å². The van der Waals surface area contributed by atoms with Crippen LogP contribution in [0.15, 0.2) is 59.1 Å². The van der Waals surface area contributed by atoms with Gasteiger partial charge in [-0.3, -0.25) is 0 Å². The highest BCUT2D eigenvalue weighted by Crippen LogP contribution is 2.16. The van der Waals surface area contributed by atoms with Crippen molar-refractivity contribution in [2.75, 3.05) is 6.61 Å². The lowest BCUT2D eigenvalue weighted by atomic mass is 10.2. The fourth-order valence-corrected chi connectivity index (χ4v) is 2.01. The van der Waals surface area contributed by atoms with Gasteiger partial charge in [-0.1, -0.05) is 46.1 Å². The Morgan fingerprint density at radius 2 is 1.83 bits per heavy atom. The van der Waals surface area contributed by atoms with Crippen molar-refractivity contribution in [3.05, 3.63) is 70.2 Å². The first-order valence-electron chi connectivity index (χ1n) is 6.93. The summed E-state index contributed by atoms with van der Waals surface area (Å²) >= 11 is 3.40. The molecule has 3 nitrogen and oxygen atoms in total. The van der Waals surface area contributed by atoms with Crippen LogP contribution >= 0.6 is 15.9 Å². The van der Waals surface area contributed by atoms with Crippen molar-refractivity contribution in [1.29, 1.82) is 0 Å². The maximum absolute atomic E-state index is 11.3. The highest BCUT2D eigenvalue weighted by atomic mass is 79.9. The quantitative estimate of drug-likeness (QED) is 0.433. The average molecular weight is 371 g/mol. The molecule has 0 aliphatic heterocycles. The predicted octanol–water partition coefficient (Wildman–Crippen LogP) is 4.22. The third kappa shape index (κ3) is 6.01. The van der Waals surface area contributed by atoms with Crippen molar-refractivity contribution in [3.8, 4) is 18.1 Å². The van der Waals surface area contributed by atoms with E-state index < -0.39 is 5.97 Å². The summed E-state index contributed by atoms with van der Waals surface area (Å²) in [6, 6.07) is 15.4. The molecule has 0 spiro atoms. The van der Waals surface area contributed by atoms with Crippen molar-refractivity contribution in [2.45, 2.75) is 6.61 Å². The number of benzene rings is 2. The van der Waals surface area contributed by atoms with Crippen LogP contribution in [0.1, 0.15) is 11.1 Å². The minimum absolute atomic E-state index is 0.0218. The monoisotopic (exact) mass is 370 g/mol. The van der Waals surface area contributed by atoms with E-state index in [1.807, 2.05) is 48.5 Å². The van der Waals surface area contributed by atoms with Crippen LogP contribution in [-0.4, -0.2) is 12.6 Å². The van der Waals surface area contributed by atoms with Gasteiger partial charge >= 0.3 is 5.97 Å². The zero-order valence-electron chi connectivity index (χ0n) is 12.4. The summed E-state index contributed by atoms with van der Waals surface area (Å²) in [5.74, 6) is 2.54. The Morgan fingerprint density at radius 3 is 2.48 bits per heavy atom. The van der Waals surface area contributed by atoms with Crippen molar-refractivity contribution >= 4 is 28.0 Å². The second-order valence-electron chi connectivity index (χ2n) is 4.63. The molecule has 4 heteroatoms. The normalized spacial score (nSPS) is 10.3. The van der Waals surface area contributed by atoms with E-state index in [1.54, 1.807) is 6.08 Å². The minimum Gasteiger partial charge on any atom is -0.489 e. The number of hydrogen-bond donors (Lipinski definition) is 0. The van der Waals surface area contributed by atoms with Gasteiger partial charge in [0.25, 0.3) is 0 Å². The zero-order valence-corrected chi connectivity index (χ0v) is 14.0. The SMILES string of the molecule is C#CCOC(=O)/C=C/c1ccc(OCc2ccc(Br)cc2)cc1. The summed E-state index contributed by atoms with van der Waals surface area (Å²) in [6.07, 6.45) is 8.02. The molecule has 0 fully saturated rings. The van der Waals surface area contributed by atoms with Gasteiger partial charge in [-0.2, -0.15) is 0 Å². The summed E-state index contributed by atoms with van der Waals surface area (Å²) in [5.41, 5.74) is 1.96. The Bertz CT molecular complexity index is 710. The van der Waals surface area contributed by atoms with Gasteiger partial charge < -0.3 is 9.47 Å². The molecule has 116 valence electrons. The van der Waals surface area contributed by atoms with Gasteiger partial charge in [0.2, 0.25) is 0 Å². The van der Waals surface area contributed by atoms with Gasteiger partial charge in [0.1, 0.15) is 12.4 Å². The fraction of sp³-hybridized carbons (Fsp3) is 0.105. The van der Waals surface area contributed by atoms with Gasteiger partial charge in [-0.25, -0.2) is 4.79 Å². The first kappa shape index (κ1) is 16.9. The molecule has 0 saturated carbocycles. The molecule has 0 aliphatic rings. The number of carbonyl (C=O) groups is 1. The number of hydrogen-bond acceptors (Lipinski definition) is 3. The zero-order chi connectivity index (χ0) is 16.5. The number of esters is 1. The summed E-state index contributed by atoms with van der Waals surface area (Å²) in [5, 5.41) is 0. The number of carbonyl (C=O) groups excluding carboxylic acids is 1. The third-order valence-corrected chi connectivity index (χ3v) is 3.44. The van der Waals surface area contributed by atoms with E-state index in [0.717, 1.165) is 21.3 Å². The Morgan fingerprint density at radius 1 is 1.13 bits per heavy atom. The van der Waals surface area contributed by atoms with Crippen LogP contribution in [0.3, 0.4) is 0 Å². The number of terminal acetylenes is 1. The molecule has 0 bridgehead atoms. The average Bonchev–Trinajstić information content (AvgIpc) is 2.58. The largest absolute Gasteiger partial charge is 0.489 e. The molecule has 0 atom stereocenters. The second kappa shape index (κ2) is 8.82. The van der Waals surface area contributed by atoms with Gasteiger partial charge in [-0.05, 0) is 41.5 Å². The fourth-order valence-electron chi connectivity index (χ4n) is 1.75. The van der Waals surface area contributed by atoms with Crippen LogP contribution < -0.4 is 4.74 Å². The molecular weight excluding hydrogens is 356 g/mol. The lowest BCUT2D eigenvalue weighted by molar-refractivity contribution is -0.136. The van der Waals surface area contributed by atoms with Crippen LogP contribution in [0.25, 0.3) is 6.08 Å². The summed E-state index contributed by atoms with van der Waals surface area (Å²) in [4.78, 5) is 11.3. The highest BCUT2D eigenvalue weighted by molar-refractivity contribution is 9.10. The molecule has 0 amide bonds. The molecule has 2 aromatic rings. The number of rotatable bonds is 6. The molecular formula is C19H15BrO3. The summed E-state index contributed by atoms with van der Waals surface area (Å²) < 4.78 is 11.5. The van der Waals surface area contributed by atoms with Crippen molar-refractivity contribution in [2.24, 2.45) is 0 Å². The Hall–Kier alpha value is -2.51. The highest BCUT2D eigenvalue weighted by Gasteiger charge is 1.98. The maximum atomic E-state index is 11.3. The molecule has 0 saturated heterocycles. The predicted molar refractivity (Wildman–Crippen MR) is 93.7 cm³/mol. The van der Waals surface area contributed by atoms with Crippen molar-refractivity contribution in [3.63, 3.8) is 0 Å².